The summed E-state index contributed by atoms with van der Waals surface area (Å²) in [6.07, 6.45) is 3.78. The number of nitrogens with one attached hydrogen (secondary N) is 1. The minimum Gasteiger partial charge on any atom is -0.326 e. The van der Waals surface area contributed by atoms with Gasteiger partial charge >= 0.3 is 4.87 Å². The van der Waals surface area contributed by atoms with E-state index in [-0.39, 0.29) is 34.7 Å². The summed E-state index contributed by atoms with van der Waals surface area (Å²) in [5.41, 5.74) is 1.36. The first-order chi connectivity index (χ1) is 15.4. The molecule has 1 atom stereocenters. The fourth-order valence-electron chi connectivity index (χ4n) is 4.21. The topological polar surface area (TPSA) is 88.5 Å². The summed E-state index contributed by atoms with van der Waals surface area (Å²) < 4.78 is 30.3. The Morgan fingerprint density at radius 1 is 1.12 bits per heavy atom. The lowest BCUT2D eigenvalue weighted by Crippen LogP contribution is -2.43. The van der Waals surface area contributed by atoms with E-state index < -0.39 is 10.0 Å². The third-order valence-electron chi connectivity index (χ3n) is 5.93. The van der Waals surface area contributed by atoms with Crippen LogP contribution in [-0.4, -0.2) is 35.8 Å². The summed E-state index contributed by atoms with van der Waals surface area (Å²) >= 11 is 1.17. The quantitative estimate of drug-likeness (QED) is 0.561. The molecule has 1 amide bonds. The third-order valence-corrected chi connectivity index (χ3v) is 8.85. The van der Waals surface area contributed by atoms with Crippen LogP contribution in [0.2, 0.25) is 0 Å². The number of fused-ring (bicyclic) bond motifs is 1. The minimum atomic E-state index is -3.55. The number of aromatic nitrogens is 1. The molecule has 32 heavy (non-hydrogen) atoms. The normalized spacial score (nSPS) is 17.5. The van der Waals surface area contributed by atoms with Gasteiger partial charge in [0.1, 0.15) is 0 Å². The van der Waals surface area contributed by atoms with Crippen molar-refractivity contribution < 1.29 is 13.2 Å². The molecule has 0 aliphatic carbocycles. The average Bonchev–Trinajstić information content (AvgIpc) is 3.13. The first-order valence-electron chi connectivity index (χ1n) is 10.9. The summed E-state index contributed by atoms with van der Waals surface area (Å²) in [5.74, 6) is -0.232. The van der Waals surface area contributed by atoms with E-state index in [4.69, 9.17) is 0 Å². The summed E-state index contributed by atoms with van der Waals surface area (Å²) in [6, 6.07) is 13.9. The van der Waals surface area contributed by atoms with Crippen LogP contribution in [0.1, 0.15) is 39.0 Å². The largest absolute Gasteiger partial charge is 0.326 e. The standard InChI is InChI=1S/C23H27N3O4S2/c1-2-18-7-5-6-15-26(18)32(29,30)19-12-10-17(11-13-19)24-22(27)14-16-25-20-8-3-4-9-21(20)31-23(25)28/h3-4,8-13,18H,2,5-7,14-16H2,1H3,(H,24,27). The highest BCUT2D eigenvalue weighted by Crippen LogP contribution is 2.27. The molecular formula is C23H27N3O4S2. The predicted molar refractivity (Wildman–Crippen MR) is 128 cm³/mol. The maximum Gasteiger partial charge on any atom is 0.308 e. The number of hydrogen-bond donors (Lipinski definition) is 1. The molecule has 2 aromatic carbocycles. The minimum absolute atomic E-state index is 0.0460. The van der Waals surface area contributed by atoms with Gasteiger partial charge in [0.2, 0.25) is 15.9 Å². The maximum absolute atomic E-state index is 13.1. The second-order valence-electron chi connectivity index (χ2n) is 7.98. The molecule has 1 aliphatic rings. The number of carbonyl (C=O) groups is 1. The highest BCUT2D eigenvalue weighted by atomic mass is 32.2. The fraction of sp³-hybridized carbons (Fsp3) is 0.391. The number of benzene rings is 2. The molecule has 7 nitrogen and oxygen atoms in total. The molecule has 1 aliphatic heterocycles. The Labute approximate surface area is 191 Å². The van der Waals surface area contributed by atoms with E-state index in [9.17, 15) is 18.0 Å². The number of para-hydroxylation sites is 1. The van der Waals surface area contributed by atoms with Gasteiger partial charge in [-0.15, -0.1) is 0 Å². The molecule has 4 rings (SSSR count). The van der Waals surface area contributed by atoms with Crippen LogP contribution >= 0.6 is 11.3 Å². The zero-order chi connectivity index (χ0) is 22.7. The first-order valence-corrected chi connectivity index (χ1v) is 13.2. The number of sulfonamides is 1. The number of rotatable bonds is 7. The highest BCUT2D eigenvalue weighted by Gasteiger charge is 2.32. The fourth-order valence-corrected chi connectivity index (χ4v) is 6.89. The number of aryl methyl sites for hydroxylation is 1. The number of piperidine rings is 1. The Balaban J connectivity index is 1.40. The summed E-state index contributed by atoms with van der Waals surface area (Å²) in [5, 5.41) is 2.79. The third kappa shape index (κ3) is 4.65. The Bertz CT molecular complexity index is 1260. The number of amides is 1. The van der Waals surface area contributed by atoms with Gasteiger partial charge in [-0.1, -0.05) is 36.8 Å². The van der Waals surface area contributed by atoms with Gasteiger partial charge in [0.15, 0.2) is 0 Å². The average molecular weight is 474 g/mol. The van der Waals surface area contributed by atoms with Crippen LogP contribution in [0, 0.1) is 0 Å². The lowest BCUT2D eigenvalue weighted by molar-refractivity contribution is -0.116. The lowest BCUT2D eigenvalue weighted by Gasteiger charge is -2.34. The molecule has 0 radical (unpaired) electrons. The first kappa shape index (κ1) is 22.7. The van der Waals surface area contributed by atoms with Crippen LogP contribution in [0.25, 0.3) is 10.2 Å². The van der Waals surface area contributed by atoms with Crippen molar-refractivity contribution >= 4 is 43.2 Å². The SMILES string of the molecule is CCC1CCCCN1S(=O)(=O)c1ccc(NC(=O)CCn2c(=O)sc3ccccc32)cc1. The summed E-state index contributed by atoms with van der Waals surface area (Å²) in [7, 11) is -3.55. The zero-order valence-electron chi connectivity index (χ0n) is 18.0. The van der Waals surface area contributed by atoms with Gasteiger partial charge in [-0.25, -0.2) is 8.42 Å². The van der Waals surface area contributed by atoms with Crippen LogP contribution < -0.4 is 10.2 Å². The van der Waals surface area contributed by atoms with Crippen molar-refractivity contribution in [1.82, 2.24) is 8.87 Å². The molecule has 0 saturated carbocycles. The number of hydrogen-bond acceptors (Lipinski definition) is 5. The molecule has 9 heteroatoms. The molecule has 0 spiro atoms. The monoisotopic (exact) mass is 473 g/mol. The van der Waals surface area contributed by atoms with Gasteiger partial charge < -0.3 is 5.32 Å². The molecule has 1 fully saturated rings. The Hall–Kier alpha value is -2.49. The Morgan fingerprint density at radius 2 is 1.88 bits per heavy atom. The van der Waals surface area contributed by atoms with E-state index in [2.05, 4.69) is 5.32 Å². The van der Waals surface area contributed by atoms with E-state index >= 15 is 0 Å². The van der Waals surface area contributed by atoms with Crippen molar-refractivity contribution in [3.05, 3.63) is 58.2 Å². The Kier molecular flexibility index (Phi) is 6.78. The van der Waals surface area contributed by atoms with E-state index in [1.54, 1.807) is 33.1 Å². The van der Waals surface area contributed by atoms with Crippen molar-refractivity contribution in [1.29, 1.82) is 0 Å². The molecule has 2 heterocycles. The van der Waals surface area contributed by atoms with Gasteiger partial charge in [0.25, 0.3) is 0 Å². The summed E-state index contributed by atoms with van der Waals surface area (Å²) in [6.45, 7) is 2.86. The van der Waals surface area contributed by atoms with Crippen molar-refractivity contribution in [2.24, 2.45) is 0 Å². The second-order valence-corrected chi connectivity index (χ2v) is 10.9. The molecule has 1 saturated heterocycles. The molecule has 170 valence electrons. The van der Waals surface area contributed by atoms with Gasteiger partial charge in [0.05, 0.1) is 15.1 Å². The number of carbonyl (C=O) groups excluding carboxylic acids is 1. The molecule has 0 bridgehead atoms. The van der Waals surface area contributed by atoms with Crippen molar-refractivity contribution in [3.8, 4) is 0 Å². The van der Waals surface area contributed by atoms with Crippen molar-refractivity contribution in [2.75, 3.05) is 11.9 Å². The summed E-state index contributed by atoms with van der Waals surface area (Å²) in [4.78, 5) is 24.8. The lowest BCUT2D eigenvalue weighted by atomic mass is 10.0. The maximum atomic E-state index is 13.1. The molecule has 1 N–H and O–H groups in total. The predicted octanol–water partition coefficient (Wildman–Crippen LogP) is 4.05. The number of anilines is 1. The van der Waals surface area contributed by atoms with Crippen LogP contribution in [0.15, 0.2) is 58.2 Å². The van der Waals surface area contributed by atoms with Crippen LogP contribution in [-0.2, 0) is 21.4 Å². The van der Waals surface area contributed by atoms with E-state index in [0.717, 1.165) is 35.9 Å². The van der Waals surface area contributed by atoms with E-state index in [1.807, 2.05) is 31.2 Å². The number of thiazole rings is 1. The zero-order valence-corrected chi connectivity index (χ0v) is 19.6. The smallest absolute Gasteiger partial charge is 0.308 e. The van der Waals surface area contributed by atoms with Crippen LogP contribution in [0.3, 0.4) is 0 Å². The molecule has 1 unspecified atom stereocenters. The second kappa shape index (κ2) is 9.56. The van der Waals surface area contributed by atoms with Gasteiger partial charge in [0, 0.05) is 31.2 Å². The number of nitrogens with zero attached hydrogens (tertiary/aromatic N) is 2. The van der Waals surface area contributed by atoms with Crippen molar-refractivity contribution in [2.45, 2.75) is 56.5 Å². The molecule has 1 aromatic heterocycles. The van der Waals surface area contributed by atoms with Gasteiger partial charge in [-0.3, -0.25) is 14.2 Å². The van der Waals surface area contributed by atoms with Gasteiger partial charge in [-0.2, -0.15) is 4.31 Å². The molecular weight excluding hydrogens is 446 g/mol. The van der Waals surface area contributed by atoms with E-state index in [0.29, 0.717) is 12.2 Å². The molecule has 3 aromatic rings. The van der Waals surface area contributed by atoms with E-state index in [1.165, 1.54) is 11.3 Å². The Morgan fingerprint density at radius 3 is 2.62 bits per heavy atom. The van der Waals surface area contributed by atoms with Crippen LogP contribution in [0.5, 0.6) is 0 Å². The van der Waals surface area contributed by atoms with Crippen LogP contribution in [0.4, 0.5) is 5.69 Å². The van der Waals surface area contributed by atoms with Crippen molar-refractivity contribution in [3.63, 3.8) is 0 Å². The van der Waals surface area contributed by atoms with Gasteiger partial charge in [-0.05, 0) is 55.7 Å². The highest BCUT2D eigenvalue weighted by molar-refractivity contribution is 7.89.